The Bertz CT molecular complexity index is 1230. The highest BCUT2D eigenvalue weighted by Gasteiger charge is 2.34. The molecule has 0 atom stereocenters. The van der Waals surface area contributed by atoms with Crippen molar-refractivity contribution in [2.24, 2.45) is 5.92 Å². The summed E-state index contributed by atoms with van der Waals surface area (Å²) in [5.74, 6) is 0.500. The van der Waals surface area contributed by atoms with Crippen LogP contribution in [-0.4, -0.2) is 49.9 Å². The van der Waals surface area contributed by atoms with Gasteiger partial charge in [0.05, 0.1) is 31.1 Å². The average Bonchev–Trinajstić information content (AvgIpc) is 3.64. The highest BCUT2D eigenvalue weighted by atomic mass is 79.9. The molecule has 0 N–H and O–H groups in total. The number of quaternary nitrogens is 1. The lowest BCUT2D eigenvalue weighted by atomic mass is 10.1. The van der Waals surface area contributed by atoms with Crippen LogP contribution in [0.3, 0.4) is 0 Å². The lowest BCUT2D eigenvalue weighted by molar-refractivity contribution is -0.937. The molecule has 35 heavy (non-hydrogen) atoms. The van der Waals surface area contributed by atoms with Crippen molar-refractivity contribution in [2.75, 3.05) is 32.7 Å². The largest absolute Gasteiger partial charge is 1.00 e. The van der Waals surface area contributed by atoms with Crippen LogP contribution in [0, 0.1) is 19.8 Å². The Morgan fingerprint density at radius 1 is 0.886 bits per heavy atom. The van der Waals surface area contributed by atoms with Gasteiger partial charge < -0.3 is 21.5 Å². The molecule has 190 valence electrons. The Hall–Kier alpha value is -1.73. The van der Waals surface area contributed by atoms with Crippen molar-refractivity contribution in [3.63, 3.8) is 0 Å². The Kier molecular flexibility index (Phi) is 9.19. The highest BCUT2D eigenvalue weighted by Crippen LogP contribution is 2.32. The molecule has 0 amide bonds. The SMILES string of the molecule is CC[N+](CC)(CCN(CC1CC1)S(=O)(=O)c1ccc2ccccc2c1)Cc1cc(C)cc(C)c1.[Br-]. The second-order valence-corrected chi connectivity index (χ2v) is 12.1. The van der Waals surface area contributed by atoms with Crippen LogP contribution in [0.1, 0.15) is 43.4 Å². The third kappa shape index (κ3) is 6.73. The van der Waals surface area contributed by atoms with Crippen LogP contribution in [0.4, 0.5) is 0 Å². The van der Waals surface area contributed by atoms with Crippen molar-refractivity contribution in [3.05, 3.63) is 77.4 Å². The van der Waals surface area contributed by atoms with E-state index in [1.807, 2.05) is 36.4 Å². The Morgan fingerprint density at radius 2 is 1.51 bits per heavy atom. The van der Waals surface area contributed by atoms with E-state index in [1.54, 1.807) is 10.4 Å². The summed E-state index contributed by atoms with van der Waals surface area (Å²) in [5.41, 5.74) is 3.91. The number of aryl methyl sites for hydroxylation is 2. The zero-order valence-corrected chi connectivity index (χ0v) is 23.9. The molecule has 0 radical (unpaired) electrons. The number of hydrogen-bond acceptors (Lipinski definition) is 2. The van der Waals surface area contributed by atoms with E-state index in [2.05, 4.69) is 45.9 Å². The van der Waals surface area contributed by atoms with E-state index in [0.717, 1.165) is 54.3 Å². The third-order valence-electron chi connectivity index (χ3n) is 7.48. The zero-order chi connectivity index (χ0) is 24.3. The van der Waals surface area contributed by atoms with Crippen LogP contribution in [0.15, 0.2) is 65.6 Å². The Balaban J connectivity index is 0.00000342. The monoisotopic (exact) mass is 558 g/mol. The minimum atomic E-state index is -3.55. The van der Waals surface area contributed by atoms with Gasteiger partial charge in [-0.2, -0.15) is 4.31 Å². The van der Waals surface area contributed by atoms with Crippen molar-refractivity contribution in [1.29, 1.82) is 0 Å². The predicted molar refractivity (Wildman–Crippen MR) is 141 cm³/mol. The van der Waals surface area contributed by atoms with Gasteiger partial charge in [-0.3, -0.25) is 0 Å². The summed E-state index contributed by atoms with van der Waals surface area (Å²) in [7, 11) is -3.55. The summed E-state index contributed by atoms with van der Waals surface area (Å²) in [5, 5.41) is 2.04. The fourth-order valence-electron chi connectivity index (χ4n) is 5.09. The quantitative estimate of drug-likeness (QED) is 0.339. The number of sulfonamides is 1. The fourth-order valence-corrected chi connectivity index (χ4v) is 6.63. The van der Waals surface area contributed by atoms with E-state index >= 15 is 0 Å². The zero-order valence-electron chi connectivity index (χ0n) is 21.5. The first kappa shape index (κ1) is 27.9. The van der Waals surface area contributed by atoms with Gasteiger partial charge in [0, 0.05) is 12.1 Å². The van der Waals surface area contributed by atoms with Crippen molar-refractivity contribution >= 4 is 20.8 Å². The second kappa shape index (κ2) is 11.5. The minimum Gasteiger partial charge on any atom is -1.00 e. The molecule has 0 unspecified atom stereocenters. The normalized spacial score (nSPS) is 14.3. The van der Waals surface area contributed by atoms with Crippen LogP contribution in [-0.2, 0) is 16.6 Å². The maximum atomic E-state index is 13.8. The molecule has 3 aromatic rings. The number of halogens is 1. The van der Waals surface area contributed by atoms with Gasteiger partial charge in [0.1, 0.15) is 6.54 Å². The maximum absolute atomic E-state index is 13.8. The fraction of sp³-hybridized carbons (Fsp3) is 0.448. The van der Waals surface area contributed by atoms with Gasteiger partial charge >= 0.3 is 0 Å². The van der Waals surface area contributed by atoms with E-state index in [-0.39, 0.29) is 17.0 Å². The summed E-state index contributed by atoms with van der Waals surface area (Å²) >= 11 is 0. The molecule has 1 fully saturated rings. The topological polar surface area (TPSA) is 37.4 Å². The standard InChI is InChI=1S/C29H39N2O2S.BrH/c1-5-31(6-2,22-26-18-23(3)17-24(4)19-26)16-15-30(21-25-11-12-25)34(32,33)29-14-13-27-9-7-8-10-28(27)20-29;/h7-10,13-14,17-20,25H,5-6,11-12,15-16,21-22H2,1-4H3;1H/q+1;/p-1. The van der Waals surface area contributed by atoms with Gasteiger partial charge in [-0.05, 0) is 69.4 Å². The van der Waals surface area contributed by atoms with Crippen LogP contribution in [0.25, 0.3) is 10.8 Å². The molecular formula is C29H39BrN2O2S. The lowest BCUT2D eigenvalue weighted by Gasteiger charge is -2.38. The molecule has 0 aliphatic heterocycles. The van der Waals surface area contributed by atoms with E-state index < -0.39 is 10.0 Å². The molecular weight excluding hydrogens is 520 g/mol. The number of likely N-dealkylation sites (N-methyl/N-ethyl adjacent to an activating group) is 1. The first-order valence-electron chi connectivity index (χ1n) is 12.7. The average molecular weight is 560 g/mol. The molecule has 0 heterocycles. The highest BCUT2D eigenvalue weighted by molar-refractivity contribution is 7.89. The van der Waals surface area contributed by atoms with Gasteiger partial charge in [-0.1, -0.05) is 59.7 Å². The van der Waals surface area contributed by atoms with Crippen LogP contribution in [0.2, 0.25) is 0 Å². The van der Waals surface area contributed by atoms with Gasteiger partial charge in [0.2, 0.25) is 10.0 Å². The van der Waals surface area contributed by atoms with Crippen molar-refractivity contribution in [1.82, 2.24) is 4.31 Å². The van der Waals surface area contributed by atoms with E-state index in [0.29, 0.717) is 23.9 Å². The number of nitrogens with zero attached hydrogens (tertiary/aromatic N) is 2. The van der Waals surface area contributed by atoms with E-state index in [9.17, 15) is 8.42 Å². The molecule has 4 rings (SSSR count). The number of rotatable bonds is 11. The Labute approximate surface area is 222 Å². The molecule has 1 saturated carbocycles. The van der Waals surface area contributed by atoms with Gasteiger partial charge in [-0.25, -0.2) is 8.42 Å². The first-order chi connectivity index (χ1) is 16.2. The summed E-state index contributed by atoms with van der Waals surface area (Å²) in [6.07, 6.45) is 2.27. The molecule has 3 aromatic carbocycles. The van der Waals surface area contributed by atoms with Gasteiger partial charge in [0.15, 0.2) is 0 Å². The predicted octanol–water partition coefficient (Wildman–Crippen LogP) is 2.92. The van der Waals surface area contributed by atoms with Crippen molar-refractivity contribution in [2.45, 2.75) is 52.0 Å². The summed E-state index contributed by atoms with van der Waals surface area (Å²) < 4.78 is 30.3. The van der Waals surface area contributed by atoms with Crippen molar-refractivity contribution in [3.8, 4) is 0 Å². The van der Waals surface area contributed by atoms with Gasteiger partial charge in [-0.15, -0.1) is 0 Å². The molecule has 1 aliphatic carbocycles. The summed E-state index contributed by atoms with van der Waals surface area (Å²) in [6.45, 7) is 13.7. The summed E-state index contributed by atoms with van der Waals surface area (Å²) in [6, 6.07) is 20.3. The Morgan fingerprint density at radius 3 is 2.11 bits per heavy atom. The third-order valence-corrected chi connectivity index (χ3v) is 9.34. The summed E-state index contributed by atoms with van der Waals surface area (Å²) in [4.78, 5) is 0.409. The van der Waals surface area contributed by atoms with Crippen LogP contribution >= 0.6 is 0 Å². The number of hydrogen-bond donors (Lipinski definition) is 0. The number of benzene rings is 3. The van der Waals surface area contributed by atoms with Crippen molar-refractivity contribution < 1.29 is 29.9 Å². The number of fused-ring (bicyclic) bond motifs is 1. The van der Waals surface area contributed by atoms with Gasteiger partial charge in [0.25, 0.3) is 0 Å². The van der Waals surface area contributed by atoms with E-state index in [1.165, 1.54) is 16.7 Å². The molecule has 1 aliphatic rings. The lowest BCUT2D eigenvalue weighted by Crippen LogP contribution is -3.00. The van der Waals surface area contributed by atoms with E-state index in [4.69, 9.17) is 0 Å². The smallest absolute Gasteiger partial charge is 0.243 e. The molecule has 0 bridgehead atoms. The minimum absolute atomic E-state index is 0. The maximum Gasteiger partial charge on any atom is 0.243 e. The molecule has 0 spiro atoms. The molecule has 0 aromatic heterocycles. The molecule has 4 nitrogen and oxygen atoms in total. The van der Waals surface area contributed by atoms with Crippen LogP contribution in [0.5, 0.6) is 0 Å². The molecule has 0 saturated heterocycles. The first-order valence-corrected chi connectivity index (χ1v) is 14.1. The molecule has 6 heteroatoms. The van der Waals surface area contributed by atoms with Crippen LogP contribution < -0.4 is 17.0 Å². The second-order valence-electron chi connectivity index (χ2n) is 10.2.